The summed E-state index contributed by atoms with van der Waals surface area (Å²) >= 11 is 0. The monoisotopic (exact) mass is 209 g/mol. The van der Waals surface area contributed by atoms with Crippen LogP contribution in [0.15, 0.2) is 9.32 Å². The molecule has 0 amide bonds. The molecule has 1 aromatic heterocycles. The van der Waals surface area contributed by atoms with Gasteiger partial charge in [0.1, 0.15) is 22.2 Å². The summed E-state index contributed by atoms with van der Waals surface area (Å²) in [6.45, 7) is -0.758. The van der Waals surface area contributed by atoms with Crippen LogP contribution in [0.25, 0.3) is 0 Å². The number of aromatic amines is 1. The Morgan fingerprint density at radius 2 is 2.27 bits per heavy atom. The van der Waals surface area contributed by atoms with Crippen LogP contribution in [0, 0.1) is 0 Å². The Bertz CT molecular complexity index is 407. The number of nitrogens with zero attached hydrogens (tertiary/aromatic N) is 2. The number of aliphatic carboxylic acids is 1. The minimum atomic E-state index is -2.47. The molecule has 0 bridgehead atoms. The van der Waals surface area contributed by atoms with Gasteiger partial charge in [0, 0.05) is 0 Å². The Kier molecular flexibility index (Phi) is 2.89. The number of hydrogen-bond acceptors (Lipinski definition) is 6. The van der Waals surface area contributed by atoms with Gasteiger partial charge in [0.15, 0.2) is 0 Å². The third kappa shape index (κ3) is 2.88. The maximum Gasteiger partial charge on any atom is 0.440 e. The molecule has 0 aliphatic rings. The number of aliphatic hydroxyl groups is 1. The number of carbonyl (C=O) groups is 1. The predicted octanol–water partition coefficient (Wildman–Crippen LogP) is -2.81. The van der Waals surface area contributed by atoms with Gasteiger partial charge in [-0.1, -0.05) is 0 Å². The van der Waals surface area contributed by atoms with Crippen LogP contribution in [-0.2, 0) is 4.79 Å². The van der Waals surface area contributed by atoms with Crippen molar-refractivity contribution < 1.29 is 19.5 Å². The molecule has 0 spiro atoms. The number of nitrogens with one attached hydrogen (secondary N) is 1. The van der Waals surface area contributed by atoms with Crippen molar-refractivity contribution in [2.75, 3.05) is 11.4 Å². The third-order valence-electron chi connectivity index (χ3n) is 1.41. The van der Waals surface area contributed by atoms with Gasteiger partial charge in [-0.05, 0) is 5.16 Å². The number of H-pyrrole nitrogens is 1. The molecule has 4 radical (unpaired) electrons. The summed E-state index contributed by atoms with van der Waals surface area (Å²) in [5.41, 5.74) is -2.47. The van der Waals surface area contributed by atoms with E-state index in [-0.39, 0.29) is 5.95 Å². The standard InChI is InChI=1S/C5H5B2N3O5/c6-5(7,14)10(1-2(11)12)3-8-4(13)15-9-3/h14H,1H2,(H,11,12)(H,8,9,13). The summed E-state index contributed by atoms with van der Waals surface area (Å²) in [7, 11) is 10.1. The predicted molar refractivity (Wildman–Crippen MR) is 48.6 cm³/mol. The van der Waals surface area contributed by atoms with E-state index in [1.54, 1.807) is 0 Å². The molecule has 0 fully saturated rings. The highest BCUT2D eigenvalue weighted by atomic mass is 16.5. The molecular weight excluding hydrogens is 204 g/mol. The third-order valence-corrected chi connectivity index (χ3v) is 1.41. The van der Waals surface area contributed by atoms with Crippen molar-refractivity contribution in [1.82, 2.24) is 10.1 Å². The van der Waals surface area contributed by atoms with Crippen molar-refractivity contribution in [2.45, 2.75) is 5.52 Å². The number of carboxylic acids is 1. The second kappa shape index (κ2) is 3.81. The molecule has 10 heteroatoms. The molecule has 3 N–H and O–H groups in total. The number of aromatic nitrogens is 2. The Balaban J connectivity index is 3.01. The normalized spacial score (nSPS) is 11.3. The zero-order valence-electron chi connectivity index (χ0n) is 7.38. The first kappa shape index (κ1) is 11.4. The topological polar surface area (TPSA) is 120 Å². The summed E-state index contributed by atoms with van der Waals surface area (Å²) < 4.78 is 4.10. The molecular formula is C5H5B2N3O5. The number of hydrogen-bond donors (Lipinski definition) is 3. The minimum Gasteiger partial charge on any atom is -0.480 e. The molecule has 0 aliphatic heterocycles. The quantitative estimate of drug-likeness (QED) is 0.361. The largest absolute Gasteiger partial charge is 0.480 e. The fourth-order valence-corrected chi connectivity index (χ4v) is 0.845. The Morgan fingerprint density at radius 1 is 1.67 bits per heavy atom. The lowest BCUT2D eigenvalue weighted by Crippen LogP contribution is -2.53. The molecule has 15 heavy (non-hydrogen) atoms. The molecule has 0 aromatic carbocycles. The number of carboxylic acid groups (broad SMARTS) is 1. The minimum absolute atomic E-state index is 0.380. The number of anilines is 1. The molecule has 1 heterocycles. The van der Waals surface area contributed by atoms with Crippen LogP contribution in [0.4, 0.5) is 5.95 Å². The van der Waals surface area contributed by atoms with Crippen molar-refractivity contribution in [3.63, 3.8) is 0 Å². The van der Waals surface area contributed by atoms with Crippen LogP contribution in [0.3, 0.4) is 0 Å². The molecule has 0 saturated carbocycles. The molecule has 0 aliphatic carbocycles. The number of rotatable bonds is 4. The van der Waals surface area contributed by atoms with Gasteiger partial charge in [-0.2, -0.15) is 0 Å². The molecule has 0 unspecified atom stereocenters. The van der Waals surface area contributed by atoms with Crippen molar-refractivity contribution in [3.8, 4) is 0 Å². The van der Waals surface area contributed by atoms with Gasteiger partial charge in [0.05, 0.1) is 5.52 Å². The van der Waals surface area contributed by atoms with Crippen LogP contribution in [0.2, 0.25) is 0 Å². The van der Waals surface area contributed by atoms with E-state index in [0.717, 1.165) is 0 Å². The van der Waals surface area contributed by atoms with Gasteiger partial charge in [-0.25, -0.2) is 4.79 Å². The molecule has 0 atom stereocenters. The van der Waals surface area contributed by atoms with Gasteiger partial charge < -0.3 is 15.1 Å². The van der Waals surface area contributed by atoms with Crippen LogP contribution >= 0.6 is 0 Å². The van der Waals surface area contributed by atoms with E-state index < -0.39 is 23.8 Å². The van der Waals surface area contributed by atoms with Crippen molar-refractivity contribution in [2.24, 2.45) is 0 Å². The van der Waals surface area contributed by atoms with E-state index in [0.29, 0.717) is 4.90 Å². The average Bonchev–Trinajstić information content (AvgIpc) is 2.45. The first-order valence-electron chi connectivity index (χ1n) is 3.66. The van der Waals surface area contributed by atoms with Crippen LogP contribution < -0.4 is 10.7 Å². The van der Waals surface area contributed by atoms with E-state index >= 15 is 0 Å². The van der Waals surface area contributed by atoms with Gasteiger partial charge in [-0.15, -0.1) is 0 Å². The highest BCUT2D eigenvalue weighted by molar-refractivity contribution is 6.40. The first-order chi connectivity index (χ1) is 6.80. The zero-order chi connectivity index (χ0) is 11.6. The molecule has 1 rings (SSSR count). The van der Waals surface area contributed by atoms with Crippen molar-refractivity contribution in [1.29, 1.82) is 0 Å². The fourth-order valence-electron chi connectivity index (χ4n) is 0.845. The van der Waals surface area contributed by atoms with Crippen LogP contribution in [-0.4, -0.2) is 54.1 Å². The van der Waals surface area contributed by atoms with Crippen LogP contribution in [0.1, 0.15) is 0 Å². The van der Waals surface area contributed by atoms with E-state index in [1.807, 2.05) is 4.98 Å². The summed E-state index contributed by atoms with van der Waals surface area (Å²) in [6, 6.07) is 0. The van der Waals surface area contributed by atoms with E-state index in [4.69, 9.17) is 20.8 Å². The summed E-state index contributed by atoms with van der Waals surface area (Å²) in [5.74, 6) is -2.63. The van der Waals surface area contributed by atoms with Gasteiger partial charge >= 0.3 is 11.7 Å². The Labute approximate surface area is 85.7 Å². The van der Waals surface area contributed by atoms with Crippen molar-refractivity contribution in [3.05, 3.63) is 10.6 Å². The molecule has 8 nitrogen and oxygen atoms in total. The first-order valence-corrected chi connectivity index (χ1v) is 3.66. The highest BCUT2D eigenvalue weighted by Crippen LogP contribution is 2.11. The maximum absolute atomic E-state index is 10.6. The van der Waals surface area contributed by atoms with E-state index in [1.165, 1.54) is 0 Å². The fraction of sp³-hybridized carbons (Fsp3) is 0.400. The second-order valence-corrected chi connectivity index (χ2v) is 2.68. The smallest absolute Gasteiger partial charge is 0.440 e. The summed E-state index contributed by atoms with van der Waals surface area (Å²) in [4.78, 5) is 23.5. The lowest BCUT2D eigenvalue weighted by molar-refractivity contribution is -0.135. The van der Waals surface area contributed by atoms with Crippen molar-refractivity contribution >= 4 is 27.6 Å². The lowest BCUT2D eigenvalue weighted by atomic mass is 9.72. The van der Waals surface area contributed by atoms with Gasteiger partial charge in [0.2, 0.25) is 5.95 Å². The Morgan fingerprint density at radius 3 is 2.60 bits per heavy atom. The SMILES string of the molecule is [B]C([B])(O)N(CC(=O)O)c1noc(=O)[nH]1. The molecule has 1 aromatic rings. The van der Waals surface area contributed by atoms with E-state index in [9.17, 15) is 14.7 Å². The molecule has 76 valence electrons. The Hall–Kier alpha value is -1.70. The van der Waals surface area contributed by atoms with Crippen LogP contribution in [0.5, 0.6) is 0 Å². The second-order valence-electron chi connectivity index (χ2n) is 2.68. The highest BCUT2D eigenvalue weighted by Gasteiger charge is 2.27. The average molecular weight is 209 g/mol. The van der Waals surface area contributed by atoms with E-state index in [2.05, 4.69) is 9.68 Å². The lowest BCUT2D eigenvalue weighted by Gasteiger charge is -2.32. The summed E-state index contributed by atoms with van der Waals surface area (Å²) in [6.07, 6.45) is 0. The maximum atomic E-state index is 10.6. The zero-order valence-corrected chi connectivity index (χ0v) is 7.38. The van der Waals surface area contributed by atoms with Gasteiger partial charge in [-0.3, -0.25) is 14.3 Å². The molecule has 0 saturated heterocycles. The van der Waals surface area contributed by atoms with Gasteiger partial charge in [0.25, 0.3) is 0 Å². The summed E-state index contributed by atoms with van der Waals surface area (Å²) in [5, 5.41) is 20.8.